The maximum absolute atomic E-state index is 11.9. The molecule has 0 amide bonds. The predicted molar refractivity (Wildman–Crippen MR) is 66.4 cm³/mol. The van der Waals surface area contributed by atoms with E-state index in [9.17, 15) is 4.79 Å². The average molecular weight is 236 g/mol. The van der Waals surface area contributed by atoms with Gasteiger partial charge in [-0.05, 0) is 70.1 Å². The van der Waals surface area contributed by atoms with Crippen molar-refractivity contribution in [1.29, 1.82) is 0 Å². The number of carbonyl (C=O) groups is 1. The van der Waals surface area contributed by atoms with Crippen molar-refractivity contribution in [2.75, 3.05) is 0 Å². The van der Waals surface area contributed by atoms with E-state index in [1.165, 1.54) is 0 Å². The molecule has 17 heavy (non-hydrogen) atoms. The highest BCUT2D eigenvalue weighted by atomic mass is 16.6. The molecule has 4 atom stereocenters. The number of rotatable bonds is 1. The summed E-state index contributed by atoms with van der Waals surface area (Å²) in [7, 11) is 0. The van der Waals surface area contributed by atoms with Crippen molar-refractivity contribution in [1.82, 2.24) is 0 Å². The van der Waals surface area contributed by atoms with E-state index in [2.05, 4.69) is 0 Å². The molecule has 0 radical (unpaired) electrons. The third-order valence-corrected chi connectivity index (χ3v) is 4.24. The van der Waals surface area contributed by atoms with Gasteiger partial charge in [0.2, 0.25) is 0 Å². The highest BCUT2D eigenvalue weighted by molar-refractivity contribution is 5.83. The van der Waals surface area contributed by atoms with Crippen LogP contribution in [0.4, 0.5) is 0 Å². The first-order valence-electron chi connectivity index (χ1n) is 7.62. The molecule has 0 saturated heterocycles. The average Bonchev–Trinajstić information content (AvgIpc) is 2.39. The minimum Gasteiger partial charge on any atom is -0.457 e. The smallest absolute Gasteiger partial charge is 0.331 e. The lowest BCUT2D eigenvalue weighted by molar-refractivity contribution is -0.148. The molecule has 0 heterocycles. The molecule has 3 saturated carbocycles. The molecule has 0 unspecified atom stereocenters. The van der Waals surface area contributed by atoms with Crippen molar-refractivity contribution in [2.24, 2.45) is 23.7 Å². The zero-order valence-corrected chi connectivity index (χ0v) is 10.8. The number of allylic oxidation sites excluding steroid dienone is 1. The lowest BCUT2D eigenvalue weighted by Crippen LogP contribution is -2.37. The first-order valence-corrected chi connectivity index (χ1v) is 6.62. The van der Waals surface area contributed by atoms with Crippen molar-refractivity contribution in [3.05, 3.63) is 11.6 Å². The largest absolute Gasteiger partial charge is 0.457 e. The predicted octanol–water partition coefficient (Wildman–Crippen LogP) is 3.32. The van der Waals surface area contributed by atoms with Gasteiger partial charge in [0.25, 0.3) is 0 Å². The Morgan fingerprint density at radius 1 is 1.41 bits per heavy atom. The van der Waals surface area contributed by atoms with Gasteiger partial charge in [-0.25, -0.2) is 4.79 Å². The van der Waals surface area contributed by atoms with Gasteiger partial charge in [0.1, 0.15) is 5.60 Å². The number of hydrogen-bond acceptors (Lipinski definition) is 2. The van der Waals surface area contributed by atoms with Crippen LogP contribution in [0.2, 0.25) is 0 Å². The number of ether oxygens (including phenoxy) is 1. The highest BCUT2D eigenvalue weighted by Gasteiger charge is 2.54. The minimum absolute atomic E-state index is 0.0382. The molecular formula is C15H22O2. The summed E-state index contributed by atoms with van der Waals surface area (Å²) >= 11 is 0. The van der Waals surface area contributed by atoms with E-state index in [-0.39, 0.29) is 11.9 Å². The highest BCUT2D eigenvalue weighted by Crippen LogP contribution is 2.63. The molecule has 3 rings (SSSR count). The molecule has 2 heteroatoms. The van der Waals surface area contributed by atoms with Crippen LogP contribution in [0, 0.1) is 23.7 Å². The summed E-state index contributed by atoms with van der Waals surface area (Å²) in [4.78, 5) is 11.9. The van der Waals surface area contributed by atoms with Crippen LogP contribution in [0.15, 0.2) is 11.6 Å². The monoisotopic (exact) mass is 236 g/mol. The third kappa shape index (κ3) is 1.92. The zero-order valence-electron chi connectivity index (χ0n) is 12.8. The lowest BCUT2D eigenvalue weighted by Gasteiger charge is -2.44. The van der Waals surface area contributed by atoms with Gasteiger partial charge in [0.05, 0.1) is 0 Å². The molecule has 0 spiro atoms. The third-order valence-electron chi connectivity index (χ3n) is 4.24. The van der Waals surface area contributed by atoms with E-state index < -0.39 is 12.0 Å². The van der Waals surface area contributed by atoms with Gasteiger partial charge in [-0.1, -0.05) is 5.57 Å². The van der Waals surface area contributed by atoms with Gasteiger partial charge >= 0.3 is 5.97 Å². The normalized spacial score (nSPS) is 45.9. The number of esters is 1. The van der Waals surface area contributed by atoms with Crippen LogP contribution in [-0.2, 0) is 9.53 Å². The van der Waals surface area contributed by atoms with Gasteiger partial charge in [-0.3, -0.25) is 0 Å². The summed E-state index contributed by atoms with van der Waals surface area (Å²) in [6, 6.07) is 0. The molecule has 0 N–H and O–H groups in total. The van der Waals surface area contributed by atoms with Crippen LogP contribution in [0.5, 0.6) is 0 Å². The minimum atomic E-state index is -1.13. The van der Waals surface area contributed by atoms with E-state index >= 15 is 0 Å². The summed E-state index contributed by atoms with van der Waals surface area (Å²) in [5.41, 5.74) is 0.536. The summed E-state index contributed by atoms with van der Waals surface area (Å²) in [6.07, 6.45) is 3.34. The molecule has 0 aromatic heterocycles. The van der Waals surface area contributed by atoms with E-state index in [0.717, 1.165) is 18.4 Å². The summed E-state index contributed by atoms with van der Waals surface area (Å²) in [6.45, 7) is 5.56. The Bertz CT molecular complexity index is 448. The zero-order chi connectivity index (χ0) is 14.0. The maximum atomic E-state index is 11.9. The van der Waals surface area contributed by atoms with Crippen LogP contribution >= 0.6 is 0 Å². The second-order valence-electron chi connectivity index (χ2n) is 6.67. The first kappa shape index (κ1) is 9.18. The Morgan fingerprint density at radius 3 is 2.88 bits per heavy atom. The lowest BCUT2D eigenvalue weighted by atomic mass is 9.60. The summed E-state index contributed by atoms with van der Waals surface area (Å²) < 4.78 is 21.7. The van der Waals surface area contributed by atoms with E-state index in [1.807, 2.05) is 20.8 Å². The van der Waals surface area contributed by atoms with Gasteiger partial charge < -0.3 is 4.74 Å². The van der Waals surface area contributed by atoms with Crippen LogP contribution in [0.25, 0.3) is 0 Å². The van der Waals surface area contributed by atoms with Gasteiger partial charge in [0, 0.05) is 8.82 Å². The summed E-state index contributed by atoms with van der Waals surface area (Å²) in [5.74, 6) is 1.09. The topological polar surface area (TPSA) is 26.3 Å². The van der Waals surface area contributed by atoms with Crippen molar-refractivity contribution in [3.8, 4) is 0 Å². The van der Waals surface area contributed by atoms with Crippen molar-refractivity contribution in [2.45, 2.75) is 52.0 Å². The number of fused-ring (bicyclic) bond motifs is 1. The fourth-order valence-electron chi connectivity index (χ4n) is 3.68. The molecule has 3 fully saturated rings. The van der Waals surface area contributed by atoms with E-state index in [1.54, 1.807) is 6.08 Å². The Labute approximate surface area is 106 Å². The standard InChI is InChI=1S/C15H22O2/c1-15(2,3)17-14(16)8-13-10-5-4-9-6-11(10)12(13)7-9/h8-12H,4-7H2,1-3H3/t9-,10+,11-,12-/m1/s1/i5D2. The van der Waals surface area contributed by atoms with Crippen molar-refractivity contribution < 1.29 is 12.3 Å². The number of hydrogen-bond donors (Lipinski definition) is 0. The van der Waals surface area contributed by atoms with Crippen LogP contribution in [0.1, 0.15) is 49.1 Å². The Balaban J connectivity index is 1.81. The molecule has 3 aliphatic carbocycles. The molecule has 2 nitrogen and oxygen atoms in total. The SMILES string of the molecule is [2H]C1([2H])C[C@@H]2C[C@@H]3[C@H]1C(=CC(=O)OC(C)(C)C)[C@@H]3C2. The second kappa shape index (κ2) is 3.60. The van der Waals surface area contributed by atoms with Crippen LogP contribution in [0.3, 0.4) is 0 Å². The molecule has 2 bridgehead atoms. The molecular weight excluding hydrogens is 212 g/mol. The maximum Gasteiger partial charge on any atom is 0.331 e. The molecule has 0 aromatic carbocycles. The van der Waals surface area contributed by atoms with Crippen LogP contribution in [-0.4, -0.2) is 11.6 Å². The van der Waals surface area contributed by atoms with E-state index in [4.69, 9.17) is 7.48 Å². The summed E-state index contributed by atoms with van der Waals surface area (Å²) in [5, 5.41) is 0. The van der Waals surface area contributed by atoms with Crippen molar-refractivity contribution >= 4 is 5.97 Å². The number of carbonyl (C=O) groups excluding carboxylic acids is 1. The molecule has 0 aromatic rings. The fraction of sp³-hybridized carbons (Fsp3) is 0.800. The molecule has 0 aliphatic heterocycles. The fourth-order valence-corrected chi connectivity index (χ4v) is 3.68. The van der Waals surface area contributed by atoms with E-state index in [0.29, 0.717) is 24.2 Å². The molecule has 94 valence electrons. The quantitative estimate of drug-likeness (QED) is 0.515. The van der Waals surface area contributed by atoms with Gasteiger partial charge in [-0.2, -0.15) is 0 Å². The van der Waals surface area contributed by atoms with Crippen molar-refractivity contribution in [3.63, 3.8) is 0 Å². The van der Waals surface area contributed by atoms with Gasteiger partial charge in [0.15, 0.2) is 0 Å². The molecule has 3 aliphatic rings. The Kier molecular flexibility index (Phi) is 1.94. The Hall–Kier alpha value is -0.790. The first-order chi connectivity index (χ1) is 8.67. The second-order valence-corrected chi connectivity index (χ2v) is 6.67. The van der Waals surface area contributed by atoms with Gasteiger partial charge in [-0.15, -0.1) is 0 Å². The Morgan fingerprint density at radius 2 is 2.18 bits per heavy atom. The van der Waals surface area contributed by atoms with Crippen LogP contribution < -0.4 is 0 Å².